The van der Waals surface area contributed by atoms with Crippen LogP contribution in [-0.4, -0.2) is 35.7 Å². The van der Waals surface area contributed by atoms with Gasteiger partial charge in [-0.1, -0.05) is 12.1 Å². The molecule has 1 aliphatic rings. The van der Waals surface area contributed by atoms with Gasteiger partial charge in [-0.3, -0.25) is 9.69 Å². The molecule has 1 saturated heterocycles. The molecule has 1 atom stereocenters. The third-order valence-corrected chi connectivity index (χ3v) is 3.75. The highest BCUT2D eigenvalue weighted by molar-refractivity contribution is 5.66. The van der Waals surface area contributed by atoms with Crippen LogP contribution in [0, 0.1) is 5.92 Å². The topological polar surface area (TPSA) is 49.8 Å². The highest BCUT2D eigenvalue weighted by Crippen LogP contribution is 2.23. The molecule has 1 N–H and O–H groups in total. The van der Waals surface area contributed by atoms with Crippen LogP contribution in [0.4, 0.5) is 0 Å². The molecule has 0 aliphatic carbocycles. The van der Waals surface area contributed by atoms with Gasteiger partial charge in [-0.2, -0.15) is 0 Å². The van der Waals surface area contributed by atoms with Crippen LogP contribution < -0.4 is 4.74 Å². The zero-order chi connectivity index (χ0) is 14.4. The molecule has 1 aliphatic heterocycles. The average molecular weight is 277 g/mol. The van der Waals surface area contributed by atoms with Gasteiger partial charge in [0.1, 0.15) is 5.75 Å². The Balaban J connectivity index is 1.82. The standard InChI is InChI=1S/C16H23NO3/c1-2-20-15-5-3-4-14(10-15)12-17-9-8-13(11-17)6-7-16(18)19/h3-5,10,13H,2,6-9,11-12H2,1H3,(H,18,19). The summed E-state index contributed by atoms with van der Waals surface area (Å²) in [5.74, 6) is 0.765. The highest BCUT2D eigenvalue weighted by Gasteiger charge is 2.22. The second-order valence-electron chi connectivity index (χ2n) is 5.40. The van der Waals surface area contributed by atoms with Gasteiger partial charge < -0.3 is 9.84 Å². The molecule has 1 heterocycles. The lowest BCUT2D eigenvalue weighted by atomic mass is 10.0. The summed E-state index contributed by atoms with van der Waals surface area (Å²) >= 11 is 0. The van der Waals surface area contributed by atoms with E-state index in [9.17, 15) is 4.79 Å². The number of hydrogen-bond donors (Lipinski definition) is 1. The summed E-state index contributed by atoms with van der Waals surface area (Å²) in [5.41, 5.74) is 1.26. The van der Waals surface area contributed by atoms with Gasteiger partial charge in [-0.15, -0.1) is 0 Å². The number of carboxylic acid groups (broad SMARTS) is 1. The van der Waals surface area contributed by atoms with Crippen molar-refractivity contribution in [2.45, 2.75) is 32.7 Å². The molecule has 1 aromatic rings. The van der Waals surface area contributed by atoms with Gasteiger partial charge in [0.15, 0.2) is 0 Å². The SMILES string of the molecule is CCOc1cccc(CN2CCC(CCC(=O)O)C2)c1. The minimum atomic E-state index is -0.687. The van der Waals surface area contributed by atoms with E-state index in [4.69, 9.17) is 9.84 Å². The summed E-state index contributed by atoms with van der Waals surface area (Å²) in [4.78, 5) is 13.0. The molecule has 20 heavy (non-hydrogen) atoms. The Morgan fingerprint density at radius 2 is 2.35 bits per heavy atom. The molecule has 1 aromatic carbocycles. The molecule has 4 heteroatoms. The van der Waals surface area contributed by atoms with Crippen molar-refractivity contribution < 1.29 is 14.6 Å². The fourth-order valence-corrected chi connectivity index (χ4v) is 2.78. The van der Waals surface area contributed by atoms with Crippen LogP contribution in [0.5, 0.6) is 5.75 Å². The van der Waals surface area contributed by atoms with Gasteiger partial charge in [-0.25, -0.2) is 0 Å². The van der Waals surface area contributed by atoms with E-state index in [0.717, 1.165) is 38.2 Å². The number of nitrogens with zero attached hydrogens (tertiary/aromatic N) is 1. The lowest BCUT2D eigenvalue weighted by molar-refractivity contribution is -0.137. The van der Waals surface area contributed by atoms with Crippen molar-refractivity contribution in [3.05, 3.63) is 29.8 Å². The lowest BCUT2D eigenvalue weighted by Crippen LogP contribution is -2.20. The molecule has 110 valence electrons. The number of rotatable bonds is 7. The molecular formula is C16H23NO3. The van der Waals surface area contributed by atoms with Crippen molar-refractivity contribution in [3.63, 3.8) is 0 Å². The van der Waals surface area contributed by atoms with Crippen LogP contribution >= 0.6 is 0 Å². The zero-order valence-corrected chi connectivity index (χ0v) is 12.0. The zero-order valence-electron chi connectivity index (χ0n) is 12.0. The number of benzene rings is 1. The van der Waals surface area contributed by atoms with Crippen molar-refractivity contribution >= 4 is 5.97 Å². The normalized spacial score (nSPS) is 19.1. The Morgan fingerprint density at radius 1 is 1.50 bits per heavy atom. The first-order chi connectivity index (χ1) is 9.67. The Morgan fingerprint density at radius 3 is 3.10 bits per heavy atom. The average Bonchev–Trinajstić information content (AvgIpc) is 2.85. The van der Waals surface area contributed by atoms with Crippen LogP contribution in [0.25, 0.3) is 0 Å². The number of hydrogen-bond acceptors (Lipinski definition) is 3. The molecule has 4 nitrogen and oxygen atoms in total. The third-order valence-electron chi connectivity index (χ3n) is 3.75. The third kappa shape index (κ3) is 4.53. The van der Waals surface area contributed by atoms with Crippen LogP contribution in [-0.2, 0) is 11.3 Å². The molecule has 0 bridgehead atoms. The van der Waals surface area contributed by atoms with E-state index in [0.29, 0.717) is 18.9 Å². The summed E-state index contributed by atoms with van der Waals surface area (Å²) in [7, 11) is 0. The first kappa shape index (κ1) is 14.9. The van der Waals surface area contributed by atoms with Crippen LogP contribution in [0.3, 0.4) is 0 Å². The highest BCUT2D eigenvalue weighted by atomic mass is 16.5. The van der Waals surface area contributed by atoms with Crippen molar-refractivity contribution in [2.24, 2.45) is 5.92 Å². The van der Waals surface area contributed by atoms with Crippen LogP contribution in [0.15, 0.2) is 24.3 Å². The van der Waals surface area contributed by atoms with Gasteiger partial charge in [-0.05, 0) is 49.9 Å². The Labute approximate surface area is 120 Å². The van der Waals surface area contributed by atoms with E-state index >= 15 is 0 Å². The molecule has 0 spiro atoms. The fourth-order valence-electron chi connectivity index (χ4n) is 2.78. The van der Waals surface area contributed by atoms with Crippen molar-refractivity contribution in [2.75, 3.05) is 19.7 Å². The predicted molar refractivity (Wildman–Crippen MR) is 77.9 cm³/mol. The summed E-state index contributed by atoms with van der Waals surface area (Å²) in [6.07, 6.45) is 2.20. The smallest absolute Gasteiger partial charge is 0.303 e. The van der Waals surface area contributed by atoms with Gasteiger partial charge in [0.05, 0.1) is 6.61 Å². The van der Waals surface area contributed by atoms with E-state index in [2.05, 4.69) is 17.0 Å². The number of aliphatic carboxylic acids is 1. The van der Waals surface area contributed by atoms with Crippen LogP contribution in [0.1, 0.15) is 31.7 Å². The molecule has 0 aromatic heterocycles. The fraction of sp³-hybridized carbons (Fsp3) is 0.562. The largest absolute Gasteiger partial charge is 0.494 e. The molecule has 1 fully saturated rings. The second kappa shape index (κ2) is 7.29. The molecule has 2 rings (SSSR count). The second-order valence-corrected chi connectivity index (χ2v) is 5.40. The minimum absolute atomic E-state index is 0.290. The van der Waals surface area contributed by atoms with Crippen molar-refractivity contribution in [3.8, 4) is 5.75 Å². The van der Waals surface area contributed by atoms with E-state index in [1.807, 2.05) is 19.1 Å². The van der Waals surface area contributed by atoms with Gasteiger partial charge in [0, 0.05) is 19.5 Å². The molecule has 0 amide bonds. The maximum Gasteiger partial charge on any atom is 0.303 e. The maximum atomic E-state index is 10.6. The number of carboxylic acids is 1. The van der Waals surface area contributed by atoms with Crippen molar-refractivity contribution in [1.82, 2.24) is 4.90 Å². The van der Waals surface area contributed by atoms with E-state index in [-0.39, 0.29) is 0 Å². The maximum absolute atomic E-state index is 10.6. The van der Waals surface area contributed by atoms with Gasteiger partial charge >= 0.3 is 5.97 Å². The quantitative estimate of drug-likeness (QED) is 0.832. The summed E-state index contributed by atoms with van der Waals surface area (Å²) < 4.78 is 5.51. The number of ether oxygens (including phenoxy) is 1. The van der Waals surface area contributed by atoms with Gasteiger partial charge in [0.2, 0.25) is 0 Å². The first-order valence-corrected chi connectivity index (χ1v) is 7.33. The number of carbonyl (C=O) groups is 1. The molecule has 0 radical (unpaired) electrons. The Kier molecular flexibility index (Phi) is 5.41. The van der Waals surface area contributed by atoms with E-state index < -0.39 is 5.97 Å². The summed E-state index contributed by atoms with van der Waals surface area (Å²) in [6.45, 7) is 5.66. The summed E-state index contributed by atoms with van der Waals surface area (Å²) in [6, 6.07) is 8.21. The summed E-state index contributed by atoms with van der Waals surface area (Å²) in [5, 5.41) is 8.73. The van der Waals surface area contributed by atoms with Crippen LogP contribution in [0.2, 0.25) is 0 Å². The monoisotopic (exact) mass is 277 g/mol. The Hall–Kier alpha value is -1.55. The number of likely N-dealkylation sites (tertiary alicyclic amines) is 1. The van der Waals surface area contributed by atoms with E-state index in [1.165, 1.54) is 5.56 Å². The minimum Gasteiger partial charge on any atom is -0.494 e. The predicted octanol–water partition coefficient (Wildman–Crippen LogP) is 2.77. The van der Waals surface area contributed by atoms with E-state index in [1.54, 1.807) is 0 Å². The lowest BCUT2D eigenvalue weighted by Gasteiger charge is -2.16. The van der Waals surface area contributed by atoms with Gasteiger partial charge in [0.25, 0.3) is 0 Å². The first-order valence-electron chi connectivity index (χ1n) is 7.33. The molecule has 0 saturated carbocycles. The molecular weight excluding hydrogens is 254 g/mol. The van der Waals surface area contributed by atoms with Crippen molar-refractivity contribution in [1.29, 1.82) is 0 Å². The Bertz CT molecular complexity index is 447. The molecule has 1 unspecified atom stereocenters.